The number of pyridine rings is 1. The number of aromatic nitrogens is 1. The summed E-state index contributed by atoms with van der Waals surface area (Å²) in [5.41, 5.74) is 0.855. The Morgan fingerprint density at radius 3 is 2.56 bits per heavy atom. The lowest BCUT2D eigenvalue weighted by Crippen LogP contribution is -2.15. The van der Waals surface area contributed by atoms with E-state index in [4.69, 9.17) is 10.2 Å². The molecule has 4 nitrogen and oxygen atoms in total. The van der Waals surface area contributed by atoms with Gasteiger partial charge in [0.15, 0.2) is 0 Å². The molecule has 0 unspecified atom stereocenters. The van der Waals surface area contributed by atoms with Gasteiger partial charge in [0.05, 0.1) is 10.6 Å². The molecule has 1 rings (SSSR count). The van der Waals surface area contributed by atoms with Gasteiger partial charge in [-0.05, 0) is 18.6 Å². The molecule has 0 fully saturated rings. The summed E-state index contributed by atoms with van der Waals surface area (Å²) < 4.78 is 0. The van der Waals surface area contributed by atoms with Crippen LogP contribution in [-0.4, -0.2) is 33.5 Å². The van der Waals surface area contributed by atoms with Crippen molar-refractivity contribution in [1.29, 1.82) is 0 Å². The lowest BCUT2D eigenvalue weighted by molar-refractivity contribution is 0.0696. The van der Waals surface area contributed by atoms with E-state index in [2.05, 4.69) is 4.98 Å². The molecule has 0 aliphatic rings. The van der Waals surface area contributed by atoms with E-state index >= 15 is 0 Å². The summed E-state index contributed by atoms with van der Waals surface area (Å²) in [6.07, 6.45) is 0.675. The first-order valence-corrected chi connectivity index (χ1v) is 6.82. The Kier molecular flexibility index (Phi) is 5.16. The Hall–Kier alpha value is -1.07. The molecule has 0 bridgehead atoms. The summed E-state index contributed by atoms with van der Waals surface area (Å²) in [6, 6.07) is 3.21. The number of hydrogen-bond donors (Lipinski definition) is 2. The second-order valence-electron chi connectivity index (χ2n) is 5.06. The SMILES string of the molecule is CC(C)(C)c1cc(C(=O)O)cc(SCCCO)n1. The molecular weight excluding hydrogens is 250 g/mol. The van der Waals surface area contributed by atoms with Crippen LogP contribution in [0.4, 0.5) is 0 Å². The lowest BCUT2D eigenvalue weighted by atomic mass is 9.91. The maximum Gasteiger partial charge on any atom is 0.335 e. The van der Waals surface area contributed by atoms with Crippen LogP contribution in [0.25, 0.3) is 0 Å². The van der Waals surface area contributed by atoms with Gasteiger partial charge in [-0.25, -0.2) is 9.78 Å². The van der Waals surface area contributed by atoms with Gasteiger partial charge < -0.3 is 10.2 Å². The van der Waals surface area contributed by atoms with Gasteiger partial charge in [-0.2, -0.15) is 0 Å². The molecule has 2 N–H and O–H groups in total. The standard InChI is InChI=1S/C13H19NO3S/c1-13(2,3)10-7-9(12(16)17)8-11(14-10)18-6-4-5-15/h7-8,15H,4-6H2,1-3H3,(H,16,17). The Balaban J connectivity index is 3.03. The molecule has 0 saturated heterocycles. The van der Waals surface area contributed by atoms with Gasteiger partial charge in [-0.3, -0.25) is 0 Å². The molecule has 0 aromatic carbocycles. The second kappa shape index (κ2) is 6.20. The van der Waals surface area contributed by atoms with Crippen molar-refractivity contribution in [1.82, 2.24) is 4.98 Å². The van der Waals surface area contributed by atoms with Crippen LogP contribution in [-0.2, 0) is 5.41 Å². The van der Waals surface area contributed by atoms with Crippen molar-refractivity contribution in [2.45, 2.75) is 37.6 Å². The first-order chi connectivity index (χ1) is 8.34. The maximum absolute atomic E-state index is 11.1. The number of aromatic carboxylic acids is 1. The highest BCUT2D eigenvalue weighted by atomic mass is 32.2. The zero-order chi connectivity index (χ0) is 13.8. The highest BCUT2D eigenvalue weighted by Gasteiger charge is 2.19. The Morgan fingerprint density at radius 2 is 2.06 bits per heavy atom. The molecule has 0 amide bonds. The summed E-state index contributed by atoms with van der Waals surface area (Å²) in [5, 5.41) is 18.5. The van der Waals surface area contributed by atoms with Crippen LogP contribution in [0, 0.1) is 0 Å². The highest BCUT2D eigenvalue weighted by Crippen LogP contribution is 2.25. The number of hydrogen-bond acceptors (Lipinski definition) is 4. The van der Waals surface area contributed by atoms with Gasteiger partial charge in [0, 0.05) is 23.5 Å². The Morgan fingerprint density at radius 1 is 1.39 bits per heavy atom. The molecule has 1 aromatic heterocycles. The predicted octanol–water partition coefficient (Wildman–Crippen LogP) is 2.55. The molecule has 1 aromatic rings. The first-order valence-electron chi connectivity index (χ1n) is 5.84. The van der Waals surface area contributed by atoms with E-state index in [0.717, 1.165) is 11.4 Å². The molecule has 0 atom stereocenters. The van der Waals surface area contributed by atoms with Crippen LogP contribution in [0.1, 0.15) is 43.2 Å². The van der Waals surface area contributed by atoms with E-state index in [1.165, 1.54) is 11.8 Å². The first kappa shape index (κ1) is 15.0. The fraction of sp³-hybridized carbons (Fsp3) is 0.538. The van der Waals surface area contributed by atoms with Crippen LogP contribution in [0.15, 0.2) is 17.2 Å². The van der Waals surface area contributed by atoms with Crippen molar-refractivity contribution in [3.05, 3.63) is 23.4 Å². The van der Waals surface area contributed by atoms with Gasteiger partial charge >= 0.3 is 5.97 Å². The monoisotopic (exact) mass is 269 g/mol. The molecule has 100 valence electrons. The Bertz CT molecular complexity index is 427. The molecule has 18 heavy (non-hydrogen) atoms. The van der Waals surface area contributed by atoms with Crippen molar-refractivity contribution in [3.63, 3.8) is 0 Å². The van der Waals surface area contributed by atoms with E-state index in [-0.39, 0.29) is 17.6 Å². The van der Waals surface area contributed by atoms with Gasteiger partial charge in [-0.1, -0.05) is 20.8 Å². The number of aliphatic hydroxyl groups excluding tert-OH is 1. The van der Waals surface area contributed by atoms with E-state index < -0.39 is 5.97 Å². The van der Waals surface area contributed by atoms with E-state index in [9.17, 15) is 4.79 Å². The minimum atomic E-state index is -0.938. The third kappa shape index (κ3) is 4.31. The van der Waals surface area contributed by atoms with E-state index in [0.29, 0.717) is 11.4 Å². The minimum absolute atomic E-state index is 0.137. The van der Waals surface area contributed by atoms with Gasteiger partial charge in [0.1, 0.15) is 0 Å². The van der Waals surface area contributed by atoms with Crippen molar-refractivity contribution in [3.8, 4) is 0 Å². The number of thioether (sulfide) groups is 1. The zero-order valence-corrected chi connectivity index (χ0v) is 11.8. The average Bonchev–Trinajstić information content (AvgIpc) is 2.28. The number of carboxylic acid groups (broad SMARTS) is 1. The van der Waals surface area contributed by atoms with Crippen molar-refractivity contribution in [2.24, 2.45) is 0 Å². The molecule has 0 aliphatic carbocycles. The highest BCUT2D eigenvalue weighted by molar-refractivity contribution is 7.99. The third-order valence-corrected chi connectivity index (χ3v) is 3.37. The second-order valence-corrected chi connectivity index (χ2v) is 6.18. The van der Waals surface area contributed by atoms with Crippen LogP contribution >= 0.6 is 11.8 Å². The summed E-state index contributed by atoms with van der Waals surface area (Å²) in [5.74, 6) is -0.206. The molecular formula is C13H19NO3S. The average molecular weight is 269 g/mol. The lowest BCUT2D eigenvalue weighted by Gasteiger charge is -2.19. The van der Waals surface area contributed by atoms with Crippen LogP contribution in [0.5, 0.6) is 0 Å². The fourth-order valence-corrected chi connectivity index (χ4v) is 2.18. The molecule has 0 aliphatic heterocycles. The zero-order valence-electron chi connectivity index (χ0n) is 10.9. The topological polar surface area (TPSA) is 70.4 Å². The molecule has 1 heterocycles. The third-order valence-electron chi connectivity index (χ3n) is 2.37. The fourth-order valence-electron chi connectivity index (χ4n) is 1.33. The van der Waals surface area contributed by atoms with Crippen LogP contribution in [0.2, 0.25) is 0 Å². The summed E-state index contributed by atoms with van der Waals surface area (Å²) >= 11 is 1.47. The number of carbonyl (C=O) groups is 1. The number of nitrogens with zero attached hydrogens (tertiary/aromatic N) is 1. The predicted molar refractivity (Wildman–Crippen MR) is 72.3 cm³/mol. The normalized spacial score (nSPS) is 11.6. The van der Waals surface area contributed by atoms with E-state index in [1.807, 2.05) is 20.8 Å². The van der Waals surface area contributed by atoms with Crippen molar-refractivity contribution >= 4 is 17.7 Å². The quantitative estimate of drug-likeness (QED) is 0.635. The summed E-state index contributed by atoms with van der Waals surface area (Å²) in [6.45, 7) is 6.15. The largest absolute Gasteiger partial charge is 0.478 e. The van der Waals surface area contributed by atoms with Crippen molar-refractivity contribution in [2.75, 3.05) is 12.4 Å². The molecule has 0 saturated carbocycles. The van der Waals surface area contributed by atoms with Gasteiger partial charge in [0.2, 0.25) is 0 Å². The molecule has 0 radical (unpaired) electrons. The number of rotatable bonds is 5. The van der Waals surface area contributed by atoms with Gasteiger partial charge in [0.25, 0.3) is 0 Å². The molecule has 5 heteroatoms. The minimum Gasteiger partial charge on any atom is -0.478 e. The van der Waals surface area contributed by atoms with E-state index in [1.54, 1.807) is 12.1 Å². The summed E-state index contributed by atoms with van der Waals surface area (Å²) in [7, 11) is 0. The number of carboxylic acids is 1. The van der Waals surface area contributed by atoms with Crippen molar-refractivity contribution < 1.29 is 15.0 Å². The van der Waals surface area contributed by atoms with Crippen LogP contribution < -0.4 is 0 Å². The summed E-state index contributed by atoms with van der Waals surface area (Å²) in [4.78, 5) is 15.6. The smallest absolute Gasteiger partial charge is 0.335 e. The van der Waals surface area contributed by atoms with Gasteiger partial charge in [-0.15, -0.1) is 11.8 Å². The van der Waals surface area contributed by atoms with Crippen LogP contribution in [0.3, 0.4) is 0 Å². The maximum atomic E-state index is 11.1. The molecule has 0 spiro atoms. The number of aliphatic hydroxyl groups is 1. The Labute approximate surface area is 111 Å².